The Balaban J connectivity index is 1.67. The Hall–Kier alpha value is -0.120. The highest BCUT2D eigenvalue weighted by Gasteiger charge is 2.22. The predicted octanol–water partition coefficient (Wildman–Crippen LogP) is 0.849. The van der Waals surface area contributed by atoms with Gasteiger partial charge in [0.1, 0.15) is 0 Å². The Morgan fingerprint density at radius 2 is 2.07 bits per heavy atom. The van der Waals surface area contributed by atoms with Crippen LogP contribution in [0.15, 0.2) is 0 Å². The third kappa shape index (κ3) is 2.69. The smallest absolute Gasteiger partial charge is 0.0595 e. The van der Waals surface area contributed by atoms with Gasteiger partial charge in [-0.15, -0.1) is 0 Å². The summed E-state index contributed by atoms with van der Waals surface area (Å²) in [5, 5.41) is 3.56. The van der Waals surface area contributed by atoms with E-state index in [1.54, 1.807) is 0 Å². The van der Waals surface area contributed by atoms with Crippen LogP contribution in [0.3, 0.4) is 0 Å². The molecule has 2 heterocycles. The average molecular weight is 198 g/mol. The summed E-state index contributed by atoms with van der Waals surface area (Å²) in [5.41, 5.74) is 0. The van der Waals surface area contributed by atoms with Crippen molar-refractivity contribution in [3.05, 3.63) is 0 Å². The van der Waals surface area contributed by atoms with Crippen molar-refractivity contribution in [1.82, 2.24) is 10.2 Å². The normalized spacial score (nSPS) is 31.1. The molecule has 0 spiro atoms. The second-order valence-electron chi connectivity index (χ2n) is 4.53. The average Bonchev–Trinajstić information content (AvgIpc) is 2.72. The number of hydrogen-bond acceptors (Lipinski definition) is 3. The molecule has 0 bridgehead atoms. The fraction of sp³-hybridized carbons (Fsp3) is 1.00. The minimum atomic E-state index is 0.516. The van der Waals surface area contributed by atoms with Crippen molar-refractivity contribution in [3.8, 4) is 0 Å². The number of rotatable bonds is 3. The summed E-state index contributed by atoms with van der Waals surface area (Å²) in [6, 6.07) is 0.758. The van der Waals surface area contributed by atoms with E-state index in [1.165, 1.54) is 51.9 Å². The van der Waals surface area contributed by atoms with Gasteiger partial charge in [0.05, 0.1) is 6.10 Å². The molecule has 2 aliphatic heterocycles. The summed E-state index contributed by atoms with van der Waals surface area (Å²) < 4.78 is 5.37. The molecule has 3 heteroatoms. The zero-order valence-electron chi connectivity index (χ0n) is 9.17. The highest BCUT2D eigenvalue weighted by Crippen LogP contribution is 2.15. The van der Waals surface area contributed by atoms with Crippen LogP contribution in [0.1, 0.15) is 25.7 Å². The molecule has 0 aromatic heterocycles. The molecule has 2 rings (SSSR count). The van der Waals surface area contributed by atoms with E-state index in [2.05, 4.69) is 10.2 Å². The van der Waals surface area contributed by atoms with E-state index in [9.17, 15) is 0 Å². The summed E-state index contributed by atoms with van der Waals surface area (Å²) in [4.78, 5) is 2.58. The Bertz CT molecular complexity index is 161. The Morgan fingerprint density at radius 3 is 2.64 bits per heavy atom. The van der Waals surface area contributed by atoms with Gasteiger partial charge in [-0.3, -0.25) is 0 Å². The number of methoxy groups -OCH3 is 1. The van der Waals surface area contributed by atoms with Crippen LogP contribution < -0.4 is 5.32 Å². The van der Waals surface area contributed by atoms with Gasteiger partial charge < -0.3 is 15.0 Å². The van der Waals surface area contributed by atoms with Crippen molar-refractivity contribution in [2.45, 2.75) is 37.8 Å². The first-order valence-electron chi connectivity index (χ1n) is 5.87. The molecule has 0 saturated carbocycles. The standard InChI is InChI=1S/C11H22N2O/c1-14-11-4-7-13(8-5-11)9-10-3-2-6-12-10/h10-12H,2-9H2,1H3/t10-/m0/s1. The van der Waals surface area contributed by atoms with Crippen LogP contribution in [-0.2, 0) is 4.74 Å². The van der Waals surface area contributed by atoms with Gasteiger partial charge in [0, 0.05) is 32.8 Å². The van der Waals surface area contributed by atoms with Gasteiger partial charge >= 0.3 is 0 Å². The SMILES string of the molecule is COC1CCN(C[C@@H]2CCCN2)CC1. The number of likely N-dealkylation sites (tertiary alicyclic amines) is 1. The van der Waals surface area contributed by atoms with Crippen molar-refractivity contribution < 1.29 is 4.74 Å². The minimum Gasteiger partial charge on any atom is -0.381 e. The topological polar surface area (TPSA) is 24.5 Å². The van der Waals surface area contributed by atoms with E-state index in [0.717, 1.165) is 6.04 Å². The van der Waals surface area contributed by atoms with E-state index in [0.29, 0.717) is 6.10 Å². The van der Waals surface area contributed by atoms with Crippen LogP contribution in [0, 0.1) is 0 Å². The Kier molecular flexibility index (Phi) is 3.79. The van der Waals surface area contributed by atoms with Crippen LogP contribution in [0.25, 0.3) is 0 Å². The fourth-order valence-corrected chi connectivity index (χ4v) is 2.55. The molecule has 1 atom stereocenters. The molecule has 0 unspecified atom stereocenters. The number of ether oxygens (including phenoxy) is 1. The molecule has 2 aliphatic rings. The first-order chi connectivity index (χ1) is 6.88. The zero-order valence-corrected chi connectivity index (χ0v) is 9.17. The van der Waals surface area contributed by atoms with Crippen molar-refractivity contribution in [2.24, 2.45) is 0 Å². The van der Waals surface area contributed by atoms with E-state index in [1.807, 2.05) is 7.11 Å². The third-order valence-electron chi connectivity index (χ3n) is 3.51. The predicted molar refractivity (Wildman–Crippen MR) is 57.5 cm³/mol. The lowest BCUT2D eigenvalue weighted by atomic mass is 10.1. The summed E-state index contributed by atoms with van der Waals surface area (Å²) in [6.07, 6.45) is 5.67. The fourth-order valence-electron chi connectivity index (χ4n) is 2.55. The van der Waals surface area contributed by atoms with Crippen LogP contribution in [0.5, 0.6) is 0 Å². The molecular weight excluding hydrogens is 176 g/mol. The van der Waals surface area contributed by atoms with Crippen LogP contribution in [0.2, 0.25) is 0 Å². The van der Waals surface area contributed by atoms with Gasteiger partial charge in [-0.2, -0.15) is 0 Å². The molecule has 0 aromatic rings. The summed E-state index contributed by atoms with van der Waals surface area (Å²) in [7, 11) is 1.83. The Labute approximate surface area is 86.8 Å². The molecule has 0 aromatic carbocycles. The van der Waals surface area contributed by atoms with Crippen molar-refractivity contribution in [3.63, 3.8) is 0 Å². The summed E-state index contributed by atoms with van der Waals surface area (Å²) in [5.74, 6) is 0. The minimum absolute atomic E-state index is 0.516. The molecule has 1 N–H and O–H groups in total. The number of nitrogens with one attached hydrogen (secondary N) is 1. The van der Waals surface area contributed by atoms with Crippen molar-refractivity contribution in [1.29, 1.82) is 0 Å². The largest absolute Gasteiger partial charge is 0.381 e. The first kappa shape index (κ1) is 10.4. The van der Waals surface area contributed by atoms with E-state index >= 15 is 0 Å². The van der Waals surface area contributed by atoms with Gasteiger partial charge in [0.15, 0.2) is 0 Å². The third-order valence-corrected chi connectivity index (χ3v) is 3.51. The van der Waals surface area contributed by atoms with Crippen LogP contribution in [0.4, 0.5) is 0 Å². The molecule has 2 saturated heterocycles. The number of piperidine rings is 1. The van der Waals surface area contributed by atoms with Crippen molar-refractivity contribution in [2.75, 3.05) is 33.3 Å². The molecule has 2 fully saturated rings. The van der Waals surface area contributed by atoms with Gasteiger partial charge in [-0.25, -0.2) is 0 Å². The quantitative estimate of drug-likeness (QED) is 0.727. The maximum Gasteiger partial charge on any atom is 0.0595 e. The van der Waals surface area contributed by atoms with Crippen molar-refractivity contribution >= 4 is 0 Å². The lowest BCUT2D eigenvalue weighted by molar-refractivity contribution is 0.0390. The van der Waals surface area contributed by atoms with Crippen LogP contribution >= 0.6 is 0 Å². The van der Waals surface area contributed by atoms with Gasteiger partial charge in [-0.1, -0.05) is 0 Å². The molecule has 0 aliphatic carbocycles. The lowest BCUT2D eigenvalue weighted by Gasteiger charge is -2.32. The zero-order chi connectivity index (χ0) is 9.80. The molecule has 0 amide bonds. The maximum absolute atomic E-state index is 5.37. The van der Waals surface area contributed by atoms with Gasteiger partial charge in [0.25, 0.3) is 0 Å². The van der Waals surface area contributed by atoms with Gasteiger partial charge in [-0.05, 0) is 32.2 Å². The first-order valence-corrected chi connectivity index (χ1v) is 5.87. The van der Waals surface area contributed by atoms with E-state index in [-0.39, 0.29) is 0 Å². The van der Waals surface area contributed by atoms with E-state index in [4.69, 9.17) is 4.74 Å². The van der Waals surface area contributed by atoms with Crippen LogP contribution in [-0.4, -0.2) is 50.3 Å². The molecule has 82 valence electrons. The summed E-state index contributed by atoms with van der Waals surface area (Å²) in [6.45, 7) is 4.91. The molecule has 14 heavy (non-hydrogen) atoms. The maximum atomic E-state index is 5.37. The highest BCUT2D eigenvalue weighted by atomic mass is 16.5. The molecule has 3 nitrogen and oxygen atoms in total. The highest BCUT2D eigenvalue weighted by molar-refractivity contribution is 4.80. The lowest BCUT2D eigenvalue weighted by Crippen LogP contribution is -2.43. The van der Waals surface area contributed by atoms with E-state index < -0.39 is 0 Å². The Morgan fingerprint density at radius 1 is 1.29 bits per heavy atom. The number of hydrogen-bond donors (Lipinski definition) is 1. The monoisotopic (exact) mass is 198 g/mol. The second-order valence-corrected chi connectivity index (χ2v) is 4.53. The molecular formula is C11H22N2O. The van der Waals surface area contributed by atoms with Gasteiger partial charge in [0.2, 0.25) is 0 Å². The second kappa shape index (κ2) is 5.10. The molecule has 0 radical (unpaired) electrons. The number of nitrogens with zero attached hydrogens (tertiary/aromatic N) is 1. The summed E-state index contributed by atoms with van der Waals surface area (Å²) >= 11 is 0.